The predicted octanol–water partition coefficient (Wildman–Crippen LogP) is 3.75. The molecule has 2 unspecified atom stereocenters. The molecule has 3 heterocycles. The van der Waals surface area contributed by atoms with Crippen LogP contribution in [0.3, 0.4) is 0 Å². The summed E-state index contributed by atoms with van der Waals surface area (Å²) in [5, 5.41) is 17.7. The average Bonchev–Trinajstić information content (AvgIpc) is 3.32. The second-order valence-electron chi connectivity index (χ2n) is 10.9. The Bertz CT molecular complexity index is 1360. The van der Waals surface area contributed by atoms with E-state index in [9.17, 15) is 8.42 Å². The Morgan fingerprint density at radius 2 is 2.05 bits per heavy atom. The topological polar surface area (TPSA) is 122 Å². The molecule has 2 atom stereocenters. The van der Waals surface area contributed by atoms with E-state index in [-0.39, 0.29) is 22.8 Å². The number of rotatable bonds is 9. The number of nitrogens with one attached hydrogen (secondary N) is 4. The number of ether oxygens (including phenoxy) is 1. The summed E-state index contributed by atoms with van der Waals surface area (Å²) in [4.78, 5) is 4.80. The molecule has 2 fully saturated rings. The highest BCUT2D eigenvalue weighted by Gasteiger charge is 2.35. The van der Waals surface area contributed by atoms with Gasteiger partial charge in [0, 0.05) is 26.0 Å². The summed E-state index contributed by atoms with van der Waals surface area (Å²) in [6.07, 6.45) is 6.74. The molecule has 3 aliphatic rings. The van der Waals surface area contributed by atoms with Gasteiger partial charge in [-0.2, -0.15) is 5.10 Å². The lowest BCUT2D eigenvalue weighted by Gasteiger charge is -2.31. The number of aryl methyl sites for hydroxylation is 1. The van der Waals surface area contributed by atoms with Crippen molar-refractivity contribution in [2.24, 2.45) is 18.0 Å². The molecular weight excluding hydrogens is 526 g/mol. The van der Waals surface area contributed by atoms with Crippen LogP contribution in [0.25, 0.3) is 0 Å². The summed E-state index contributed by atoms with van der Waals surface area (Å²) in [5.74, 6) is 1.69. The zero-order valence-electron chi connectivity index (χ0n) is 22.2. The predicted molar refractivity (Wildman–Crippen MR) is 151 cm³/mol. The Hall–Kier alpha value is -2.76. The number of hydrogen-bond acceptors (Lipinski definition) is 9. The van der Waals surface area contributed by atoms with Gasteiger partial charge in [-0.3, -0.25) is 4.68 Å². The number of aliphatic imine (C=N–C) groups is 1. The molecule has 2 aliphatic heterocycles. The van der Waals surface area contributed by atoms with E-state index in [0.717, 1.165) is 43.8 Å². The quantitative estimate of drug-likeness (QED) is 0.365. The summed E-state index contributed by atoms with van der Waals surface area (Å²) in [7, 11) is -1.92. The van der Waals surface area contributed by atoms with Crippen LogP contribution in [0.15, 0.2) is 45.6 Å². The number of anilines is 2. The normalized spacial score (nSPS) is 23.6. The molecule has 0 spiro atoms. The van der Waals surface area contributed by atoms with Crippen LogP contribution in [0.1, 0.15) is 51.5 Å². The molecular formula is C26H36ClN7O3S. The fourth-order valence-electron chi connectivity index (χ4n) is 4.72. The van der Waals surface area contributed by atoms with Gasteiger partial charge in [-0.05, 0) is 62.3 Å². The first-order valence-electron chi connectivity index (χ1n) is 13.1. The van der Waals surface area contributed by atoms with Crippen LogP contribution >= 0.6 is 11.6 Å². The van der Waals surface area contributed by atoms with Crippen LogP contribution in [0, 0.1) is 5.92 Å². The number of halogens is 1. The minimum atomic E-state index is -3.61. The fraction of sp³-hybridized carbons (Fsp3) is 0.538. The molecule has 0 amide bonds. The molecule has 1 aromatic carbocycles. The standard InChI is InChI=1S/C26H36ClN7O3S/c1-16(2)15-38(35,36)24-21(14-34(4)33-24)31-26(3)23(27)13-29-25(32-26)30-20-8-5-17(18-9-10-28-12-18)11-22(20)37-19-6-7-19/h5,8,11,13-14,16,18-19,28,31H,6-7,9-10,12,15H2,1-4H3,(H2,29,30,32). The number of guanidine groups is 1. The van der Waals surface area contributed by atoms with E-state index in [1.54, 1.807) is 26.4 Å². The molecule has 4 N–H and O–H groups in total. The summed E-state index contributed by atoms with van der Waals surface area (Å²) < 4.78 is 33.8. The lowest BCUT2D eigenvalue weighted by Crippen LogP contribution is -2.43. The van der Waals surface area contributed by atoms with E-state index >= 15 is 0 Å². The Labute approximate surface area is 229 Å². The van der Waals surface area contributed by atoms with Gasteiger partial charge in [-0.25, -0.2) is 13.4 Å². The highest BCUT2D eigenvalue weighted by molar-refractivity contribution is 7.91. The van der Waals surface area contributed by atoms with E-state index in [4.69, 9.17) is 21.3 Å². The first kappa shape index (κ1) is 26.8. The van der Waals surface area contributed by atoms with Crippen LogP contribution in [0.5, 0.6) is 5.75 Å². The Morgan fingerprint density at radius 3 is 2.74 bits per heavy atom. The largest absolute Gasteiger partial charge is 0.488 e. The molecule has 1 aliphatic carbocycles. The molecule has 1 aromatic heterocycles. The molecule has 0 bridgehead atoms. The molecule has 1 saturated heterocycles. The third-order valence-electron chi connectivity index (χ3n) is 6.76. The second kappa shape index (κ2) is 10.4. The van der Waals surface area contributed by atoms with Crippen molar-refractivity contribution in [3.63, 3.8) is 0 Å². The van der Waals surface area contributed by atoms with Crippen molar-refractivity contribution < 1.29 is 13.2 Å². The molecule has 2 aromatic rings. The van der Waals surface area contributed by atoms with Crippen LogP contribution in [0.2, 0.25) is 0 Å². The number of benzene rings is 1. The zero-order chi connectivity index (χ0) is 27.1. The zero-order valence-corrected chi connectivity index (χ0v) is 23.8. The monoisotopic (exact) mass is 561 g/mol. The van der Waals surface area contributed by atoms with Crippen LogP contribution < -0.4 is 26.0 Å². The van der Waals surface area contributed by atoms with Gasteiger partial charge in [0.15, 0.2) is 20.5 Å². The van der Waals surface area contributed by atoms with Crippen LogP contribution in [0.4, 0.5) is 11.4 Å². The summed E-state index contributed by atoms with van der Waals surface area (Å²) in [5.41, 5.74) is 1.27. The van der Waals surface area contributed by atoms with E-state index in [1.807, 2.05) is 19.9 Å². The van der Waals surface area contributed by atoms with Crippen molar-refractivity contribution in [3.05, 3.63) is 41.2 Å². The summed E-state index contributed by atoms with van der Waals surface area (Å²) in [6, 6.07) is 6.28. The average molecular weight is 562 g/mol. The van der Waals surface area contributed by atoms with Crippen molar-refractivity contribution in [2.45, 2.75) is 62.7 Å². The highest BCUT2D eigenvalue weighted by atomic mass is 35.5. The molecule has 38 heavy (non-hydrogen) atoms. The first-order valence-corrected chi connectivity index (χ1v) is 15.1. The van der Waals surface area contributed by atoms with E-state index < -0.39 is 15.5 Å². The van der Waals surface area contributed by atoms with Crippen molar-refractivity contribution in [2.75, 3.05) is 29.5 Å². The number of nitrogens with zero attached hydrogens (tertiary/aromatic N) is 3. The van der Waals surface area contributed by atoms with Gasteiger partial charge < -0.3 is 26.0 Å². The first-order chi connectivity index (χ1) is 18.0. The lowest BCUT2D eigenvalue weighted by molar-refractivity contribution is 0.304. The van der Waals surface area contributed by atoms with Gasteiger partial charge in [0.1, 0.15) is 5.75 Å². The smallest absolute Gasteiger partial charge is 0.202 e. The maximum Gasteiger partial charge on any atom is 0.202 e. The summed E-state index contributed by atoms with van der Waals surface area (Å²) in [6.45, 7) is 7.52. The van der Waals surface area contributed by atoms with Gasteiger partial charge in [0.05, 0.1) is 28.3 Å². The van der Waals surface area contributed by atoms with Gasteiger partial charge in [0.2, 0.25) is 5.96 Å². The lowest BCUT2D eigenvalue weighted by atomic mass is 9.98. The van der Waals surface area contributed by atoms with Gasteiger partial charge in [0.25, 0.3) is 0 Å². The Kier molecular flexibility index (Phi) is 7.36. The Balaban J connectivity index is 1.41. The number of aromatic nitrogens is 2. The molecule has 0 radical (unpaired) electrons. The van der Waals surface area contributed by atoms with E-state index in [2.05, 4.69) is 38.5 Å². The van der Waals surface area contributed by atoms with E-state index in [1.165, 1.54) is 10.2 Å². The van der Waals surface area contributed by atoms with Crippen molar-refractivity contribution in [1.82, 2.24) is 20.4 Å². The van der Waals surface area contributed by atoms with Gasteiger partial charge in [-0.15, -0.1) is 0 Å². The number of sulfone groups is 1. The van der Waals surface area contributed by atoms with Crippen molar-refractivity contribution >= 4 is 38.8 Å². The molecule has 10 nitrogen and oxygen atoms in total. The SMILES string of the molecule is CC(C)CS(=O)(=O)c1nn(C)cc1NC1(C)N=C(Nc2ccc(C3CCNC3)cc2OC2CC2)NC=C1Cl. The van der Waals surface area contributed by atoms with Crippen molar-refractivity contribution in [3.8, 4) is 5.75 Å². The van der Waals surface area contributed by atoms with E-state index in [0.29, 0.717) is 22.6 Å². The molecule has 5 rings (SSSR count). The highest BCUT2D eigenvalue weighted by Crippen LogP contribution is 2.37. The third-order valence-corrected chi connectivity index (χ3v) is 9.24. The minimum Gasteiger partial charge on any atom is -0.488 e. The fourth-order valence-corrected chi connectivity index (χ4v) is 6.59. The van der Waals surface area contributed by atoms with Crippen LogP contribution in [-0.2, 0) is 16.9 Å². The van der Waals surface area contributed by atoms with Crippen molar-refractivity contribution in [1.29, 1.82) is 0 Å². The number of hydrogen-bond donors (Lipinski definition) is 4. The van der Waals surface area contributed by atoms with Gasteiger partial charge >= 0.3 is 0 Å². The maximum atomic E-state index is 13.0. The molecule has 206 valence electrons. The van der Waals surface area contributed by atoms with Crippen LogP contribution in [-0.4, -0.2) is 54.8 Å². The Morgan fingerprint density at radius 1 is 1.26 bits per heavy atom. The molecule has 1 saturated carbocycles. The second-order valence-corrected chi connectivity index (χ2v) is 13.2. The summed E-state index contributed by atoms with van der Waals surface area (Å²) >= 11 is 6.60. The minimum absolute atomic E-state index is 0.00665. The maximum absolute atomic E-state index is 13.0. The third kappa shape index (κ3) is 5.94. The van der Waals surface area contributed by atoms with Gasteiger partial charge in [-0.1, -0.05) is 31.5 Å². The molecule has 12 heteroatoms.